The quantitative estimate of drug-likeness (QED) is 0.777. The molecule has 0 aliphatic heterocycles. The van der Waals surface area contributed by atoms with Gasteiger partial charge in [-0.1, -0.05) is 12.1 Å². The highest BCUT2D eigenvalue weighted by Crippen LogP contribution is 2.12. The third-order valence-electron chi connectivity index (χ3n) is 2.39. The molecule has 2 rings (SSSR count). The van der Waals surface area contributed by atoms with Crippen LogP contribution in [0.5, 0.6) is 0 Å². The van der Waals surface area contributed by atoms with Crippen molar-refractivity contribution in [1.29, 1.82) is 0 Å². The Hall–Kier alpha value is -2.06. The normalized spacial score (nSPS) is 11.2. The van der Waals surface area contributed by atoms with Gasteiger partial charge in [-0.15, -0.1) is 0 Å². The van der Waals surface area contributed by atoms with Gasteiger partial charge in [0.15, 0.2) is 0 Å². The van der Waals surface area contributed by atoms with Crippen molar-refractivity contribution in [3.63, 3.8) is 0 Å². The molecule has 2 aromatic rings. The van der Waals surface area contributed by atoms with E-state index in [0.717, 1.165) is 6.07 Å². The molecule has 2 N–H and O–H groups in total. The molecule has 0 radical (unpaired) electrons. The number of benzene rings is 1. The van der Waals surface area contributed by atoms with Crippen molar-refractivity contribution >= 4 is 16.0 Å². The molecule has 106 valence electrons. The summed E-state index contributed by atoms with van der Waals surface area (Å²) in [7, 11) is -3.85. The fourth-order valence-electron chi connectivity index (χ4n) is 1.49. The van der Waals surface area contributed by atoms with Crippen molar-refractivity contribution in [2.45, 2.75) is 4.90 Å². The number of hydrogen-bond donors (Lipinski definition) is 2. The molecule has 0 bridgehead atoms. The predicted octanol–water partition coefficient (Wildman–Crippen LogP) is 1.01. The highest BCUT2D eigenvalue weighted by molar-refractivity contribution is 7.89. The van der Waals surface area contributed by atoms with Crippen LogP contribution in [-0.4, -0.2) is 31.5 Å². The van der Waals surface area contributed by atoms with Crippen LogP contribution in [0, 0.1) is 5.82 Å². The molecule has 1 aromatic heterocycles. The monoisotopic (exact) mass is 296 g/mol. The summed E-state index contributed by atoms with van der Waals surface area (Å²) in [5.41, 5.74) is 0. The fourth-order valence-corrected chi connectivity index (χ4v) is 2.60. The summed E-state index contributed by atoms with van der Waals surface area (Å²) < 4.78 is 39.4. The average molecular weight is 296 g/mol. The molecule has 0 aliphatic carbocycles. The van der Waals surface area contributed by atoms with Crippen molar-refractivity contribution in [1.82, 2.24) is 14.7 Å². The molecule has 0 aliphatic rings. The Balaban J connectivity index is 1.89. The summed E-state index contributed by atoms with van der Waals surface area (Å²) in [4.78, 5) is 7.49. The van der Waals surface area contributed by atoms with Gasteiger partial charge >= 0.3 is 0 Å². The molecule has 0 saturated heterocycles. The van der Waals surface area contributed by atoms with Gasteiger partial charge in [-0.05, 0) is 18.2 Å². The number of hydrogen-bond acceptors (Lipinski definition) is 5. The van der Waals surface area contributed by atoms with Gasteiger partial charge in [-0.3, -0.25) is 0 Å². The SMILES string of the molecule is O=S(=O)(NCCNc1ncccn1)c1ccccc1F. The first kappa shape index (κ1) is 14.4. The molecule has 1 heterocycles. The molecule has 8 heteroatoms. The minimum atomic E-state index is -3.85. The molecule has 1 aromatic carbocycles. The van der Waals surface area contributed by atoms with E-state index in [4.69, 9.17) is 0 Å². The maximum Gasteiger partial charge on any atom is 0.243 e. The van der Waals surface area contributed by atoms with Crippen molar-refractivity contribution in [3.05, 3.63) is 48.5 Å². The third kappa shape index (κ3) is 3.72. The lowest BCUT2D eigenvalue weighted by Gasteiger charge is -2.08. The van der Waals surface area contributed by atoms with E-state index in [2.05, 4.69) is 20.0 Å². The first-order valence-corrected chi connectivity index (χ1v) is 7.33. The second-order valence-electron chi connectivity index (χ2n) is 3.83. The maximum atomic E-state index is 13.4. The van der Waals surface area contributed by atoms with Gasteiger partial charge < -0.3 is 5.32 Å². The summed E-state index contributed by atoms with van der Waals surface area (Å²) in [6.45, 7) is 0.382. The van der Waals surface area contributed by atoms with Crippen LogP contribution in [0.4, 0.5) is 10.3 Å². The van der Waals surface area contributed by atoms with Gasteiger partial charge in [0.1, 0.15) is 10.7 Å². The van der Waals surface area contributed by atoms with E-state index in [0.29, 0.717) is 5.95 Å². The number of nitrogens with one attached hydrogen (secondary N) is 2. The molecular formula is C12H13FN4O2S. The van der Waals surface area contributed by atoms with E-state index in [1.807, 2.05) is 0 Å². The van der Waals surface area contributed by atoms with E-state index in [1.165, 1.54) is 18.2 Å². The van der Waals surface area contributed by atoms with Crippen LogP contribution in [0.2, 0.25) is 0 Å². The molecular weight excluding hydrogens is 283 g/mol. The van der Waals surface area contributed by atoms with Gasteiger partial charge in [0.2, 0.25) is 16.0 Å². The Morgan fingerprint density at radius 3 is 2.45 bits per heavy atom. The minimum Gasteiger partial charge on any atom is -0.353 e. The van der Waals surface area contributed by atoms with Crippen LogP contribution < -0.4 is 10.0 Å². The number of nitrogens with zero attached hydrogens (tertiary/aromatic N) is 2. The lowest BCUT2D eigenvalue weighted by Crippen LogP contribution is -2.29. The topological polar surface area (TPSA) is 84.0 Å². The van der Waals surface area contributed by atoms with Gasteiger partial charge in [0, 0.05) is 25.5 Å². The summed E-state index contributed by atoms with van der Waals surface area (Å²) >= 11 is 0. The summed E-state index contributed by atoms with van der Waals surface area (Å²) in [6.07, 6.45) is 3.14. The van der Waals surface area contributed by atoms with Crippen LogP contribution in [0.3, 0.4) is 0 Å². The Labute approximate surface area is 116 Å². The zero-order valence-corrected chi connectivity index (χ0v) is 11.3. The van der Waals surface area contributed by atoms with Crippen LogP contribution >= 0.6 is 0 Å². The Bertz CT molecular complexity index is 664. The Morgan fingerprint density at radius 1 is 1.05 bits per heavy atom. The maximum absolute atomic E-state index is 13.4. The van der Waals surface area contributed by atoms with Crippen LogP contribution in [0.15, 0.2) is 47.6 Å². The number of aromatic nitrogens is 2. The van der Waals surface area contributed by atoms with Crippen molar-refractivity contribution in [2.75, 3.05) is 18.4 Å². The Kier molecular flexibility index (Phi) is 4.59. The molecule has 0 fully saturated rings. The number of sulfonamides is 1. The molecule has 20 heavy (non-hydrogen) atoms. The second-order valence-corrected chi connectivity index (χ2v) is 5.56. The van der Waals surface area contributed by atoms with Gasteiger partial charge in [-0.25, -0.2) is 27.5 Å². The molecule has 0 spiro atoms. The highest BCUT2D eigenvalue weighted by atomic mass is 32.2. The average Bonchev–Trinajstić information content (AvgIpc) is 2.45. The van der Waals surface area contributed by atoms with Crippen LogP contribution in [0.25, 0.3) is 0 Å². The van der Waals surface area contributed by atoms with Gasteiger partial charge in [0.25, 0.3) is 0 Å². The lowest BCUT2D eigenvalue weighted by atomic mass is 10.4. The summed E-state index contributed by atoms with van der Waals surface area (Å²) in [5.74, 6) is -0.378. The minimum absolute atomic E-state index is 0.0922. The smallest absolute Gasteiger partial charge is 0.243 e. The molecule has 0 unspecified atom stereocenters. The number of halogens is 1. The van der Waals surface area contributed by atoms with E-state index < -0.39 is 15.8 Å². The third-order valence-corrected chi connectivity index (χ3v) is 3.89. The van der Waals surface area contributed by atoms with Crippen molar-refractivity contribution in [3.8, 4) is 0 Å². The fraction of sp³-hybridized carbons (Fsp3) is 0.167. The first-order chi connectivity index (χ1) is 9.59. The lowest BCUT2D eigenvalue weighted by molar-refractivity contribution is 0.558. The van der Waals surface area contributed by atoms with Gasteiger partial charge in [-0.2, -0.15) is 0 Å². The number of rotatable bonds is 6. The van der Waals surface area contributed by atoms with E-state index in [1.54, 1.807) is 18.5 Å². The predicted molar refractivity (Wildman–Crippen MR) is 72.1 cm³/mol. The molecule has 0 saturated carbocycles. The number of anilines is 1. The second kappa shape index (κ2) is 6.40. The first-order valence-electron chi connectivity index (χ1n) is 5.85. The largest absolute Gasteiger partial charge is 0.353 e. The standard InChI is InChI=1S/C12H13FN4O2S/c13-10-4-1-2-5-11(10)20(18,19)17-9-8-16-12-14-6-3-7-15-12/h1-7,17H,8-9H2,(H,14,15,16). The Morgan fingerprint density at radius 2 is 1.75 bits per heavy atom. The van der Waals surface area contributed by atoms with Crippen molar-refractivity contribution < 1.29 is 12.8 Å². The van der Waals surface area contributed by atoms with Crippen molar-refractivity contribution in [2.24, 2.45) is 0 Å². The molecule has 0 amide bonds. The van der Waals surface area contributed by atoms with E-state index >= 15 is 0 Å². The van der Waals surface area contributed by atoms with E-state index in [-0.39, 0.29) is 18.0 Å². The summed E-state index contributed by atoms with van der Waals surface area (Å²) in [5, 5.41) is 2.84. The highest BCUT2D eigenvalue weighted by Gasteiger charge is 2.17. The summed E-state index contributed by atoms with van der Waals surface area (Å²) in [6, 6.07) is 6.89. The van der Waals surface area contributed by atoms with Crippen LogP contribution in [0.1, 0.15) is 0 Å². The van der Waals surface area contributed by atoms with Gasteiger partial charge in [0.05, 0.1) is 0 Å². The zero-order valence-electron chi connectivity index (χ0n) is 10.5. The zero-order chi connectivity index (χ0) is 14.4. The molecule has 6 nitrogen and oxygen atoms in total. The molecule has 0 atom stereocenters. The van der Waals surface area contributed by atoms with Crippen LogP contribution in [-0.2, 0) is 10.0 Å². The van der Waals surface area contributed by atoms with E-state index in [9.17, 15) is 12.8 Å².